The summed E-state index contributed by atoms with van der Waals surface area (Å²) in [4.78, 5) is 2.71. The molecule has 1 fully saturated rings. The largest absolute Gasteiger partial charge is 0.315 e. The lowest BCUT2D eigenvalue weighted by Gasteiger charge is -2.40. The van der Waals surface area contributed by atoms with Gasteiger partial charge in [-0.05, 0) is 50.2 Å². The number of likely N-dealkylation sites (tertiary alicyclic amines) is 1. The minimum Gasteiger partial charge on any atom is -0.315 e. The molecule has 0 bridgehead atoms. The summed E-state index contributed by atoms with van der Waals surface area (Å²) in [7, 11) is 0. The predicted molar refractivity (Wildman–Crippen MR) is 76.3 cm³/mol. The van der Waals surface area contributed by atoms with Gasteiger partial charge in [-0.1, -0.05) is 34.6 Å². The van der Waals surface area contributed by atoms with Gasteiger partial charge in [0.15, 0.2) is 0 Å². The Labute approximate surface area is 108 Å². The van der Waals surface area contributed by atoms with E-state index in [-0.39, 0.29) is 0 Å². The summed E-state index contributed by atoms with van der Waals surface area (Å²) in [5.41, 5.74) is 0. The van der Waals surface area contributed by atoms with Crippen LogP contribution in [0.5, 0.6) is 0 Å². The molecule has 1 unspecified atom stereocenters. The van der Waals surface area contributed by atoms with Crippen LogP contribution in [-0.4, -0.2) is 37.1 Å². The zero-order valence-corrected chi connectivity index (χ0v) is 12.5. The maximum absolute atomic E-state index is 3.52. The van der Waals surface area contributed by atoms with E-state index in [4.69, 9.17) is 0 Å². The van der Waals surface area contributed by atoms with Gasteiger partial charge in [0.25, 0.3) is 0 Å². The number of nitrogens with zero attached hydrogens (tertiary/aromatic N) is 1. The molecule has 2 nitrogen and oxygen atoms in total. The molecular formula is C15H32N2. The molecule has 1 aliphatic rings. The van der Waals surface area contributed by atoms with E-state index in [0.29, 0.717) is 0 Å². The van der Waals surface area contributed by atoms with E-state index in [9.17, 15) is 0 Å². The lowest BCUT2D eigenvalue weighted by Crippen LogP contribution is -2.49. The molecule has 0 aromatic heterocycles. The highest BCUT2D eigenvalue weighted by Gasteiger charge is 2.27. The third-order valence-corrected chi connectivity index (χ3v) is 4.36. The molecule has 1 aliphatic heterocycles. The molecular weight excluding hydrogens is 208 g/mol. The van der Waals surface area contributed by atoms with Gasteiger partial charge in [-0.25, -0.2) is 0 Å². The van der Waals surface area contributed by atoms with Gasteiger partial charge in [0.1, 0.15) is 0 Å². The van der Waals surface area contributed by atoms with Crippen molar-refractivity contribution in [3.63, 3.8) is 0 Å². The van der Waals surface area contributed by atoms with E-state index in [1.165, 1.54) is 25.9 Å². The van der Waals surface area contributed by atoms with Gasteiger partial charge in [-0.3, -0.25) is 4.90 Å². The van der Waals surface area contributed by atoms with E-state index < -0.39 is 0 Å². The third kappa shape index (κ3) is 4.59. The zero-order chi connectivity index (χ0) is 12.8. The quantitative estimate of drug-likeness (QED) is 0.768. The van der Waals surface area contributed by atoms with Crippen LogP contribution in [0.4, 0.5) is 0 Å². The highest BCUT2D eigenvalue weighted by molar-refractivity contribution is 4.82. The molecule has 1 heterocycles. The van der Waals surface area contributed by atoms with Crippen LogP contribution in [0.1, 0.15) is 47.5 Å². The standard InChI is InChI=1S/C15H32N2/c1-6-16-11-15(13(4)5)17-9-7-14(8-10-17)12(2)3/h12-16H,6-11H2,1-5H3. The fourth-order valence-corrected chi connectivity index (χ4v) is 3.00. The van der Waals surface area contributed by atoms with Gasteiger partial charge in [0, 0.05) is 12.6 Å². The van der Waals surface area contributed by atoms with Crippen molar-refractivity contribution in [3.05, 3.63) is 0 Å². The summed E-state index contributed by atoms with van der Waals surface area (Å²) in [6, 6.07) is 0.725. The number of hydrogen-bond acceptors (Lipinski definition) is 2. The first kappa shape index (κ1) is 15.0. The summed E-state index contributed by atoms with van der Waals surface area (Å²) in [5.74, 6) is 2.58. The number of piperidine rings is 1. The van der Waals surface area contributed by atoms with Gasteiger partial charge in [0.2, 0.25) is 0 Å². The summed E-state index contributed by atoms with van der Waals surface area (Å²) in [6.07, 6.45) is 2.79. The second kappa shape index (κ2) is 7.38. The number of rotatable bonds is 6. The van der Waals surface area contributed by atoms with Gasteiger partial charge >= 0.3 is 0 Å². The topological polar surface area (TPSA) is 15.3 Å². The van der Waals surface area contributed by atoms with Gasteiger partial charge < -0.3 is 5.32 Å². The van der Waals surface area contributed by atoms with Crippen molar-refractivity contribution in [1.82, 2.24) is 10.2 Å². The molecule has 1 saturated heterocycles. The summed E-state index contributed by atoms with van der Waals surface area (Å²) >= 11 is 0. The monoisotopic (exact) mass is 240 g/mol. The minimum absolute atomic E-state index is 0.725. The molecule has 0 aromatic rings. The third-order valence-electron chi connectivity index (χ3n) is 4.36. The Morgan fingerprint density at radius 3 is 2.12 bits per heavy atom. The first-order valence-corrected chi connectivity index (χ1v) is 7.51. The molecule has 0 radical (unpaired) electrons. The fraction of sp³-hybridized carbons (Fsp3) is 1.00. The molecule has 1 atom stereocenters. The van der Waals surface area contributed by atoms with Crippen molar-refractivity contribution < 1.29 is 0 Å². The molecule has 2 heteroatoms. The van der Waals surface area contributed by atoms with E-state index in [1.54, 1.807) is 0 Å². The SMILES string of the molecule is CCNCC(C(C)C)N1CCC(C(C)C)CC1. The summed E-state index contributed by atoms with van der Waals surface area (Å²) in [6.45, 7) is 16.5. The van der Waals surface area contributed by atoms with Crippen LogP contribution in [0.25, 0.3) is 0 Å². The Bertz CT molecular complexity index is 193. The highest BCUT2D eigenvalue weighted by Crippen LogP contribution is 2.26. The molecule has 0 amide bonds. The maximum atomic E-state index is 3.52. The lowest BCUT2D eigenvalue weighted by atomic mass is 9.85. The molecule has 1 N–H and O–H groups in total. The number of likely N-dealkylation sites (N-methyl/N-ethyl adjacent to an activating group) is 1. The zero-order valence-electron chi connectivity index (χ0n) is 12.5. The Kier molecular flexibility index (Phi) is 6.50. The van der Waals surface area contributed by atoms with E-state index >= 15 is 0 Å². The van der Waals surface area contributed by atoms with E-state index in [1.807, 2.05) is 0 Å². The predicted octanol–water partition coefficient (Wildman–Crippen LogP) is 2.99. The minimum atomic E-state index is 0.725. The first-order valence-electron chi connectivity index (χ1n) is 7.51. The maximum Gasteiger partial charge on any atom is 0.0243 e. The second-order valence-electron chi connectivity index (χ2n) is 6.24. The molecule has 0 aromatic carbocycles. The van der Waals surface area contributed by atoms with Gasteiger partial charge in [-0.15, -0.1) is 0 Å². The molecule has 0 aliphatic carbocycles. The summed E-state index contributed by atoms with van der Waals surface area (Å²) in [5, 5.41) is 3.52. The van der Waals surface area contributed by atoms with Crippen LogP contribution in [0.15, 0.2) is 0 Å². The number of hydrogen-bond donors (Lipinski definition) is 1. The highest BCUT2D eigenvalue weighted by atomic mass is 15.2. The lowest BCUT2D eigenvalue weighted by molar-refractivity contribution is 0.0901. The van der Waals surface area contributed by atoms with Crippen molar-refractivity contribution in [2.45, 2.75) is 53.5 Å². The van der Waals surface area contributed by atoms with Crippen molar-refractivity contribution in [2.24, 2.45) is 17.8 Å². The molecule has 1 rings (SSSR count). The average molecular weight is 240 g/mol. The van der Waals surface area contributed by atoms with Crippen LogP contribution in [0.2, 0.25) is 0 Å². The summed E-state index contributed by atoms with van der Waals surface area (Å²) < 4.78 is 0. The Balaban J connectivity index is 2.43. The van der Waals surface area contributed by atoms with E-state index in [0.717, 1.165) is 36.9 Å². The van der Waals surface area contributed by atoms with Crippen LogP contribution in [-0.2, 0) is 0 Å². The van der Waals surface area contributed by atoms with Crippen LogP contribution < -0.4 is 5.32 Å². The molecule has 0 spiro atoms. The Morgan fingerprint density at radius 1 is 1.12 bits per heavy atom. The molecule has 0 saturated carbocycles. The molecule has 17 heavy (non-hydrogen) atoms. The van der Waals surface area contributed by atoms with Crippen molar-refractivity contribution in [3.8, 4) is 0 Å². The van der Waals surface area contributed by atoms with Crippen molar-refractivity contribution in [1.29, 1.82) is 0 Å². The van der Waals surface area contributed by atoms with Crippen molar-refractivity contribution >= 4 is 0 Å². The van der Waals surface area contributed by atoms with Crippen LogP contribution in [0, 0.1) is 17.8 Å². The average Bonchev–Trinajstić information content (AvgIpc) is 2.29. The first-order chi connectivity index (χ1) is 8.06. The Hall–Kier alpha value is -0.0800. The smallest absolute Gasteiger partial charge is 0.0243 e. The molecule has 102 valence electrons. The number of nitrogens with one attached hydrogen (secondary N) is 1. The van der Waals surface area contributed by atoms with Gasteiger partial charge in [0.05, 0.1) is 0 Å². The van der Waals surface area contributed by atoms with Gasteiger partial charge in [-0.2, -0.15) is 0 Å². The van der Waals surface area contributed by atoms with Crippen molar-refractivity contribution in [2.75, 3.05) is 26.2 Å². The normalized spacial score (nSPS) is 21.4. The van der Waals surface area contributed by atoms with E-state index in [2.05, 4.69) is 44.8 Å². The fourth-order valence-electron chi connectivity index (χ4n) is 3.00. The van der Waals surface area contributed by atoms with Crippen LogP contribution in [0.3, 0.4) is 0 Å². The van der Waals surface area contributed by atoms with Crippen LogP contribution >= 0.6 is 0 Å². The second-order valence-corrected chi connectivity index (χ2v) is 6.24. The Morgan fingerprint density at radius 2 is 1.71 bits per heavy atom.